The Morgan fingerprint density at radius 2 is 2.17 bits per heavy atom. The monoisotopic (exact) mass is 247 g/mol. The average Bonchev–Trinajstić information content (AvgIpc) is 3.07. The molecule has 3 nitrogen and oxygen atoms in total. The fourth-order valence-corrected chi connectivity index (χ4v) is 3.45. The second-order valence-electron chi connectivity index (χ2n) is 6.96. The minimum atomic E-state index is 0.377. The highest BCUT2D eigenvalue weighted by Crippen LogP contribution is 2.44. The van der Waals surface area contributed by atoms with E-state index in [0.29, 0.717) is 17.5 Å². The molecule has 0 saturated heterocycles. The van der Waals surface area contributed by atoms with Crippen LogP contribution >= 0.6 is 0 Å². The van der Waals surface area contributed by atoms with E-state index in [0.717, 1.165) is 12.3 Å². The first-order valence-electron chi connectivity index (χ1n) is 7.25. The fraction of sp³-hybridized carbons (Fsp3) is 0.800. The van der Waals surface area contributed by atoms with Crippen molar-refractivity contribution in [3.05, 3.63) is 17.5 Å². The van der Waals surface area contributed by atoms with Crippen molar-refractivity contribution in [2.75, 3.05) is 7.05 Å². The van der Waals surface area contributed by atoms with Crippen LogP contribution in [0.3, 0.4) is 0 Å². The lowest BCUT2D eigenvalue weighted by Crippen LogP contribution is -2.32. The first-order chi connectivity index (χ1) is 8.52. The van der Waals surface area contributed by atoms with Crippen LogP contribution in [-0.4, -0.2) is 16.8 Å². The Bertz CT molecular complexity index is 443. The number of hydrogen-bond donors (Lipinski definition) is 1. The van der Waals surface area contributed by atoms with Crippen LogP contribution in [0.4, 0.5) is 0 Å². The third-order valence-corrected chi connectivity index (χ3v) is 4.75. The standard InChI is InChI=1S/C15H25N3/c1-10(11-5-6-11)18-14-8-15(2,3)7-13(16-4)12(14)9-17-18/h9-11,13,16H,5-8H2,1-4H3. The summed E-state index contributed by atoms with van der Waals surface area (Å²) >= 11 is 0. The maximum absolute atomic E-state index is 4.70. The van der Waals surface area contributed by atoms with E-state index in [-0.39, 0.29) is 0 Å². The summed E-state index contributed by atoms with van der Waals surface area (Å²) in [5, 5.41) is 8.16. The van der Waals surface area contributed by atoms with Crippen molar-refractivity contribution >= 4 is 0 Å². The molecule has 2 aliphatic rings. The Balaban J connectivity index is 1.97. The second kappa shape index (κ2) is 4.09. The first-order valence-corrected chi connectivity index (χ1v) is 7.25. The van der Waals surface area contributed by atoms with Gasteiger partial charge in [-0.05, 0) is 51.0 Å². The van der Waals surface area contributed by atoms with Gasteiger partial charge in [0.05, 0.1) is 12.2 Å². The molecule has 2 aliphatic carbocycles. The Hall–Kier alpha value is -0.830. The van der Waals surface area contributed by atoms with E-state index in [1.165, 1.54) is 30.5 Å². The molecule has 0 spiro atoms. The summed E-state index contributed by atoms with van der Waals surface area (Å²) in [7, 11) is 2.07. The molecule has 100 valence electrons. The van der Waals surface area contributed by atoms with Crippen LogP contribution in [0, 0.1) is 11.3 Å². The molecule has 1 fully saturated rings. The van der Waals surface area contributed by atoms with Gasteiger partial charge in [-0.2, -0.15) is 5.10 Å². The third-order valence-electron chi connectivity index (χ3n) is 4.75. The largest absolute Gasteiger partial charge is 0.313 e. The summed E-state index contributed by atoms with van der Waals surface area (Å²) in [5.74, 6) is 0.868. The van der Waals surface area contributed by atoms with E-state index in [1.807, 2.05) is 0 Å². The van der Waals surface area contributed by atoms with Crippen LogP contribution < -0.4 is 5.32 Å². The third kappa shape index (κ3) is 1.99. The molecule has 3 heteroatoms. The number of rotatable bonds is 3. The Morgan fingerprint density at radius 3 is 2.78 bits per heavy atom. The molecule has 1 saturated carbocycles. The van der Waals surface area contributed by atoms with E-state index in [9.17, 15) is 0 Å². The molecule has 2 atom stereocenters. The van der Waals surface area contributed by atoms with Crippen molar-refractivity contribution in [3.63, 3.8) is 0 Å². The van der Waals surface area contributed by atoms with Crippen molar-refractivity contribution < 1.29 is 0 Å². The zero-order valence-electron chi connectivity index (χ0n) is 12.0. The molecule has 1 N–H and O–H groups in total. The smallest absolute Gasteiger partial charge is 0.0540 e. The lowest BCUT2D eigenvalue weighted by molar-refractivity contribution is 0.252. The summed E-state index contributed by atoms with van der Waals surface area (Å²) in [6, 6.07) is 1.06. The van der Waals surface area contributed by atoms with Crippen LogP contribution in [0.5, 0.6) is 0 Å². The Morgan fingerprint density at radius 1 is 1.44 bits per heavy atom. The lowest BCUT2D eigenvalue weighted by Gasteiger charge is -2.36. The van der Waals surface area contributed by atoms with E-state index in [4.69, 9.17) is 5.10 Å². The molecule has 1 aromatic rings. The Kier molecular flexibility index (Phi) is 2.77. The summed E-state index contributed by atoms with van der Waals surface area (Å²) in [6.45, 7) is 7.08. The first kappa shape index (κ1) is 12.2. The number of aromatic nitrogens is 2. The van der Waals surface area contributed by atoms with Gasteiger partial charge in [0.2, 0.25) is 0 Å². The number of nitrogens with one attached hydrogen (secondary N) is 1. The van der Waals surface area contributed by atoms with Gasteiger partial charge in [-0.3, -0.25) is 4.68 Å². The zero-order valence-corrected chi connectivity index (χ0v) is 12.0. The van der Waals surface area contributed by atoms with Crippen LogP contribution in [0.15, 0.2) is 6.20 Å². The van der Waals surface area contributed by atoms with Gasteiger partial charge in [-0.15, -0.1) is 0 Å². The quantitative estimate of drug-likeness (QED) is 0.889. The molecule has 0 aliphatic heterocycles. The minimum Gasteiger partial charge on any atom is -0.313 e. The van der Waals surface area contributed by atoms with Gasteiger partial charge >= 0.3 is 0 Å². The number of fused-ring (bicyclic) bond motifs is 1. The highest BCUT2D eigenvalue weighted by atomic mass is 15.3. The maximum Gasteiger partial charge on any atom is 0.0540 e. The molecule has 1 aromatic heterocycles. The fourth-order valence-electron chi connectivity index (χ4n) is 3.45. The molecular weight excluding hydrogens is 222 g/mol. The SMILES string of the molecule is CNC1CC(C)(C)Cc2c1cnn2C(C)C1CC1. The molecule has 3 rings (SSSR count). The minimum absolute atomic E-state index is 0.377. The normalized spacial score (nSPS) is 27.9. The van der Waals surface area contributed by atoms with Crippen LogP contribution in [0.1, 0.15) is 63.4 Å². The van der Waals surface area contributed by atoms with Gasteiger partial charge in [0.1, 0.15) is 0 Å². The van der Waals surface area contributed by atoms with E-state index >= 15 is 0 Å². The van der Waals surface area contributed by atoms with Crippen LogP contribution in [-0.2, 0) is 6.42 Å². The van der Waals surface area contributed by atoms with E-state index < -0.39 is 0 Å². The van der Waals surface area contributed by atoms with Gasteiger partial charge in [0.15, 0.2) is 0 Å². The zero-order chi connectivity index (χ0) is 12.9. The molecule has 0 bridgehead atoms. The van der Waals surface area contributed by atoms with Crippen molar-refractivity contribution in [1.82, 2.24) is 15.1 Å². The lowest BCUT2D eigenvalue weighted by atomic mass is 9.74. The summed E-state index contributed by atoms with van der Waals surface area (Å²) < 4.78 is 2.32. The molecule has 1 heterocycles. The topological polar surface area (TPSA) is 29.9 Å². The molecule has 0 aromatic carbocycles. The van der Waals surface area contributed by atoms with Crippen LogP contribution in [0.2, 0.25) is 0 Å². The predicted octanol–water partition coefficient (Wildman–Crippen LogP) is 3.09. The van der Waals surface area contributed by atoms with Crippen molar-refractivity contribution in [2.24, 2.45) is 11.3 Å². The molecule has 2 unspecified atom stereocenters. The van der Waals surface area contributed by atoms with Crippen LogP contribution in [0.25, 0.3) is 0 Å². The molecular formula is C15H25N3. The molecule has 18 heavy (non-hydrogen) atoms. The maximum atomic E-state index is 4.70. The highest BCUT2D eigenvalue weighted by molar-refractivity contribution is 5.27. The number of nitrogens with zero attached hydrogens (tertiary/aromatic N) is 2. The van der Waals surface area contributed by atoms with Crippen molar-refractivity contribution in [3.8, 4) is 0 Å². The Labute approximate surface area is 110 Å². The van der Waals surface area contributed by atoms with Gasteiger partial charge < -0.3 is 5.32 Å². The number of hydrogen-bond acceptors (Lipinski definition) is 2. The molecule has 0 radical (unpaired) electrons. The van der Waals surface area contributed by atoms with E-state index in [1.54, 1.807) is 0 Å². The average molecular weight is 247 g/mol. The molecule has 0 amide bonds. The summed E-state index contributed by atoms with van der Waals surface area (Å²) in [6.07, 6.45) is 7.24. The van der Waals surface area contributed by atoms with Gasteiger partial charge in [-0.25, -0.2) is 0 Å². The van der Waals surface area contributed by atoms with Gasteiger partial charge in [0.25, 0.3) is 0 Å². The summed E-state index contributed by atoms with van der Waals surface area (Å²) in [5.41, 5.74) is 3.29. The second-order valence-corrected chi connectivity index (χ2v) is 6.96. The summed E-state index contributed by atoms with van der Waals surface area (Å²) in [4.78, 5) is 0. The van der Waals surface area contributed by atoms with Crippen molar-refractivity contribution in [2.45, 2.75) is 58.5 Å². The predicted molar refractivity (Wildman–Crippen MR) is 73.6 cm³/mol. The highest BCUT2D eigenvalue weighted by Gasteiger charge is 2.37. The van der Waals surface area contributed by atoms with E-state index in [2.05, 4.69) is 44.0 Å². The van der Waals surface area contributed by atoms with Crippen molar-refractivity contribution in [1.29, 1.82) is 0 Å². The van der Waals surface area contributed by atoms with Gasteiger partial charge in [-0.1, -0.05) is 13.8 Å². The van der Waals surface area contributed by atoms with Gasteiger partial charge in [0, 0.05) is 17.3 Å².